The molecule has 1 fully saturated rings. The number of non-ortho nitro benzene ring substituents is 1. The Hall–Kier alpha value is -2.18. The van der Waals surface area contributed by atoms with E-state index >= 15 is 0 Å². The minimum Gasteiger partial charge on any atom is -0.383 e. The number of benzene rings is 1. The predicted octanol–water partition coefficient (Wildman–Crippen LogP) is 2.73. The monoisotopic (exact) mass is 262 g/mol. The van der Waals surface area contributed by atoms with E-state index in [2.05, 4.69) is 27.2 Å². The molecule has 1 aromatic heterocycles. The van der Waals surface area contributed by atoms with Crippen molar-refractivity contribution in [3.05, 3.63) is 22.2 Å². The van der Waals surface area contributed by atoms with E-state index in [0.29, 0.717) is 10.9 Å². The highest BCUT2D eigenvalue weighted by molar-refractivity contribution is 5.93. The molecular weight excluding hydrogens is 248 g/mol. The fourth-order valence-electron chi connectivity index (χ4n) is 2.26. The third-order valence-corrected chi connectivity index (χ3v) is 3.95. The average Bonchev–Trinajstić information content (AvgIpc) is 3.02. The molecule has 0 atom stereocenters. The van der Waals surface area contributed by atoms with Crippen molar-refractivity contribution < 1.29 is 9.55 Å². The summed E-state index contributed by atoms with van der Waals surface area (Å²) in [5, 5.41) is 21.6. The molecule has 0 spiro atoms. The van der Waals surface area contributed by atoms with Gasteiger partial charge >= 0.3 is 5.69 Å². The van der Waals surface area contributed by atoms with Crippen LogP contribution in [0, 0.1) is 15.5 Å². The Kier molecular flexibility index (Phi) is 2.62. The first-order valence-corrected chi connectivity index (χ1v) is 6.29. The lowest BCUT2D eigenvalue weighted by molar-refractivity contribution is -0.383. The van der Waals surface area contributed by atoms with Gasteiger partial charge in [-0.25, -0.2) is 4.63 Å². The number of aromatic nitrogens is 2. The van der Waals surface area contributed by atoms with Crippen LogP contribution < -0.4 is 5.32 Å². The van der Waals surface area contributed by atoms with Gasteiger partial charge in [0.15, 0.2) is 5.52 Å². The van der Waals surface area contributed by atoms with E-state index in [9.17, 15) is 10.1 Å². The zero-order valence-electron chi connectivity index (χ0n) is 10.5. The third kappa shape index (κ3) is 2.00. The molecule has 0 saturated heterocycles. The van der Waals surface area contributed by atoms with Crippen molar-refractivity contribution in [2.24, 2.45) is 5.41 Å². The SMILES string of the molecule is CCC1(CNc2ccc([N+](=O)[O-])c3nonc23)CC1. The van der Waals surface area contributed by atoms with Crippen LogP contribution in [0.4, 0.5) is 11.4 Å². The quantitative estimate of drug-likeness (QED) is 0.657. The van der Waals surface area contributed by atoms with Crippen LogP contribution in [0.2, 0.25) is 0 Å². The Morgan fingerprint density at radius 3 is 2.79 bits per heavy atom. The van der Waals surface area contributed by atoms with Gasteiger partial charge in [0, 0.05) is 12.6 Å². The lowest BCUT2D eigenvalue weighted by atomic mass is 10.0. The number of nitro benzene ring substituents is 1. The Morgan fingerprint density at radius 1 is 1.42 bits per heavy atom. The van der Waals surface area contributed by atoms with Crippen LogP contribution in [0.3, 0.4) is 0 Å². The van der Waals surface area contributed by atoms with Crippen molar-refractivity contribution in [3.63, 3.8) is 0 Å². The van der Waals surface area contributed by atoms with Crippen LogP contribution in [0.1, 0.15) is 26.2 Å². The highest BCUT2D eigenvalue weighted by atomic mass is 16.6. The van der Waals surface area contributed by atoms with E-state index in [1.807, 2.05) is 0 Å². The number of nitro groups is 1. The number of hydrogen-bond acceptors (Lipinski definition) is 6. The van der Waals surface area contributed by atoms with Crippen molar-refractivity contribution in [3.8, 4) is 0 Å². The minimum absolute atomic E-state index is 0.0848. The second-order valence-electron chi connectivity index (χ2n) is 5.06. The molecule has 7 nitrogen and oxygen atoms in total. The van der Waals surface area contributed by atoms with E-state index in [-0.39, 0.29) is 11.2 Å². The van der Waals surface area contributed by atoms with Crippen molar-refractivity contribution in [1.82, 2.24) is 10.3 Å². The molecule has 1 N–H and O–H groups in total. The molecule has 0 bridgehead atoms. The summed E-state index contributed by atoms with van der Waals surface area (Å²) in [6.07, 6.45) is 3.58. The van der Waals surface area contributed by atoms with Gasteiger partial charge in [-0.1, -0.05) is 6.92 Å². The molecule has 1 aliphatic carbocycles. The summed E-state index contributed by atoms with van der Waals surface area (Å²) in [7, 11) is 0. The van der Waals surface area contributed by atoms with E-state index in [1.54, 1.807) is 6.07 Å². The molecule has 100 valence electrons. The van der Waals surface area contributed by atoms with Gasteiger partial charge in [-0.2, -0.15) is 0 Å². The Morgan fingerprint density at radius 2 is 2.16 bits per heavy atom. The summed E-state index contributed by atoms with van der Waals surface area (Å²) in [6.45, 7) is 3.03. The van der Waals surface area contributed by atoms with Gasteiger partial charge in [-0.05, 0) is 41.1 Å². The summed E-state index contributed by atoms with van der Waals surface area (Å²) in [5.74, 6) is 0. The van der Waals surface area contributed by atoms with Crippen LogP contribution in [-0.4, -0.2) is 21.8 Å². The van der Waals surface area contributed by atoms with E-state index in [1.165, 1.54) is 18.9 Å². The number of anilines is 1. The number of nitrogens with zero attached hydrogens (tertiary/aromatic N) is 3. The summed E-state index contributed by atoms with van der Waals surface area (Å²) in [6, 6.07) is 3.09. The van der Waals surface area contributed by atoms with Gasteiger partial charge in [-0.3, -0.25) is 10.1 Å². The fraction of sp³-hybridized carbons (Fsp3) is 0.500. The molecule has 1 heterocycles. The molecular formula is C12H14N4O3. The van der Waals surface area contributed by atoms with Crippen LogP contribution in [0.5, 0.6) is 0 Å². The maximum Gasteiger partial charge on any atom is 0.300 e. The van der Waals surface area contributed by atoms with E-state index < -0.39 is 4.92 Å². The topological polar surface area (TPSA) is 94.1 Å². The van der Waals surface area contributed by atoms with Gasteiger partial charge in [-0.15, -0.1) is 0 Å². The molecule has 1 aliphatic rings. The normalized spacial score (nSPS) is 16.5. The van der Waals surface area contributed by atoms with E-state index in [0.717, 1.165) is 18.7 Å². The highest BCUT2D eigenvalue weighted by Crippen LogP contribution is 2.48. The Balaban J connectivity index is 1.90. The summed E-state index contributed by atoms with van der Waals surface area (Å²) < 4.78 is 4.63. The third-order valence-electron chi connectivity index (χ3n) is 3.95. The molecule has 7 heteroatoms. The number of hydrogen-bond donors (Lipinski definition) is 1. The van der Waals surface area contributed by atoms with Crippen molar-refractivity contribution in [2.45, 2.75) is 26.2 Å². The molecule has 0 amide bonds. The van der Waals surface area contributed by atoms with Crippen LogP contribution in [0.25, 0.3) is 11.0 Å². The first-order valence-electron chi connectivity index (χ1n) is 6.29. The summed E-state index contributed by atoms with van der Waals surface area (Å²) >= 11 is 0. The van der Waals surface area contributed by atoms with Crippen molar-refractivity contribution in [1.29, 1.82) is 0 Å². The van der Waals surface area contributed by atoms with Crippen molar-refractivity contribution >= 4 is 22.4 Å². The molecule has 0 radical (unpaired) electrons. The molecule has 1 aromatic carbocycles. The molecule has 3 rings (SSSR count). The molecule has 1 saturated carbocycles. The predicted molar refractivity (Wildman–Crippen MR) is 68.9 cm³/mol. The molecule has 2 aromatic rings. The molecule has 0 unspecified atom stereocenters. The summed E-state index contributed by atoms with van der Waals surface area (Å²) in [4.78, 5) is 10.4. The van der Waals surface area contributed by atoms with Crippen LogP contribution >= 0.6 is 0 Å². The van der Waals surface area contributed by atoms with Crippen molar-refractivity contribution in [2.75, 3.05) is 11.9 Å². The largest absolute Gasteiger partial charge is 0.383 e. The van der Waals surface area contributed by atoms with E-state index in [4.69, 9.17) is 0 Å². The van der Waals surface area contributed by atoms with Gasteiger partial charge < -0.3 is 5.32 Å². The summed E-state index contributed by atoms with van der Waals surface area (Å²) in [5.41, 5.74) is 1.64. The number of nitrogens with one attached hydrogen (secondary N) is 1. The van der Waals surface area contributed by atoms with Crippen LogP contribution in [0.15, 0.2) is 16.8 Å². The Labute approximate surface area is 109 Å². The fourth-order valence-corrected chi connectivity index (χ4v) is 2.26. The standard InChI is InChI=1S/C12H14N4O3/c1-2-12(5-6-12)7-13-8-3-4-9(16(17)18)11-10(8)14-19-15-11/h3-4,13H,2,5-7H2,1H3. The Bertz CT molecular complexity index is 633. The number of rotatable bonds is 5. The first-order chi connectivity index (χ1) is 9.15. The maximum atomic E-state index is 10.9. The minimum atomic E-state index is -0.481. The average molecular weight is 262 g/mol. The molecule has 0 aliphatic heterocycles. The van der Waals surface area contributed by atoms with Gasteiger partial charge in [0.2, 0.25) is 5.52 Å². The second kappa shape index (κ2) is 4.18. The molecule has 19 heavy (non-hydrogen) atoms. The van der Waals surface area contributed by atoms with Gasteiger partial charge in [0.1, 0.15) is 0 Å². The van der Waals surface area contributed by atoms with Gasteiger partial charge in [0.25, 0.3) is 0 Å². The maximum absolute atomic E-state index is 10.9. The van der Waals surface area contributed by atoms with Crippen LogP contribution in [-0.2, 0) is 0 Å². The second-order valence-corrected chi connectivity index (χ2v) is 5.06. The van der Waals surface area contributed by atoms with Gasteiger partial charge in [0.05, 0.1) is 10.6 Å². The zero-order chi connectivity index (χ0) is 13.5. The lowest BCUT2D eigenvalue weighted by Crippen LogP contribution is -2.14. The zero-order valence-corrected chi connectivity index (χ0v) is 10.5. The number of fused-ring (bicyclic) bond motifs is 1. The lowest BCUT2D eigenvalue weighted by Gasteiger charge is -2.14. The first kappa shape index (κ1) is 11.9. The highest BCUT2D eigenvalue weighted by Gasteiger charge is 2.40. The smallest absolute Gasteiger partial charge is 0.300 e.